The highest BCUT2D eigenvalue weighted by Gasteiger charge is 2.12. The summed E-state index contributed by atoms with van der Waals surface area (Å²) in [6, 6.07) is 12.5. The predicted octanol–water partition coefficient (Wildman–Crippen LogP) is 3.13. The SMILES string of the molecule is COc1cc(N)ccc1C(=O)Nc1cccc(I)c1. The van der Waals surface area contributed by atoms with Gasteiger partial charge in [-0.3, -0.25) is 4.79 Å². The Balaban J connectivity index is 2.25. The molecule has 2 aromatic rings. The van der Waals surface area contributed by atoms with Crippen LogP contribution in [-0.2, 0) is 0 Å². The van der Waals surface area contributed by atoms with E-state index >= 15 is 0 Å². The quantitative estimate of drug-likeness (QED) is 0.646. The number of amides is 1. The molecule has 0 aliphatic heterocycles. The van der Waals surface area contributed by atoms with Crippen LogP contribution < -0.4 is 15.8 Å². The Labute approximate surface area is 125 Å². The van der Waals surface area contributed by atoms with Gasteiger partial charge in [-0.15, -0.1) is 0 Å². The molecule has 0 aliphatic carbocycles. The average Bonchev–Trinajstić information content (AvgIpc) is 2.38. The molecule has 0 bridgehead atoms. The van der Waals surface area contributed by atoms with Crippen molar-refractivity contribution in [1.29, 1.82) is 0 Å². The summed E-state index contributed by atoms with van der Waals surface area (Å²) in [7, 11) is 1.51. The van der Waals surface area contributed by atoms with Crippen LogP contribution in [0.4, 0.5) is 11.4 Å². The largest absolute Gasteiger partial charge is 0.496 e. The van der Waals surface area contributed by atoms with Crippen molar-refractivity contribution in [3.8, 4) is 5.75 Å². The fourth-order valence-corrected chi connectivity index (χ4v) is 2.20. The first-order valence-electron chi connectivity index (χ1n) is 5.60. The van der Waals surface area contributed by atoms with Gasteiger partial charge in [0, 0.05) is 21.0 Å². The number of hydrogen-bond donors (Lipinski definition) is 2. The highest BCUT2D eigenvalue weighted by atomic mass is 127. The summed E-state index contributed by atoms with van der Waals surface area (Å²) >= 11 is 2.19. The van der Waals surface area contributed by atoms with Crippen molar-refractivity contribution in [3.05, 3.63) is 51.6 Å². The number of benzene rings is 2. The second-order valence-corrected chi connectivity index (χ2v) is 5.17. The smallest absolute Gasteiger partial charge is 0.259 e. The maximum Gasteiger partial charge on any atom is 0.259 e. The molecule has 0 unspecified atom stereocenters. The summed E-state index contributed by atoms with van der Waals surface area (Å²) < 4.78 is 6.22. The third kappa shape index (κ3) is 3.37. The number of methoxy groups -OCH3 is 1. The van der Waals surface area contributed by atoms with Gasteiger partial charge in [-0.05, 0) is 52.9 Å². The number of carbonyl (C=O) groups is 1. The van der Waals surface area contributed by atoms with Crippen molar-refractivity contribution in [3.63, 3.8) is 0 Å². The molecule has 5 heteroatoms. The van der Waals surface area contributed by atoms with Crippen molar-refractivity contribution in [2.45, 2.75) is 0 Å². The third-order valence-corrected chi connectivity index (χ3v) is 3.22. The van der Waals surface area contributed by atoms with Crippen LogP contribution in [0.2, 0.25) is 0 Å². The molecule has 98 valence electrons. The standard InChI is InChI=1S/C14H13IN2O2/c1-19-13-8-10(16)5-6-12(13)14(18)17-11-4-2-3-9(15)7-11/h2-8H,16H2,1H3,(H,17,18). The van der Waals surface area contributed by atoms with Crippen LogP contribution in [0.3, 0.4) is 0 Å². The van der Waals surface area contributed by atoms with Crippen LogP contribution >= 0.6 is 22.6 Å². The Morgan fingerprint density at radius 3 is 2.74 bits per heavy atom. The molecular formula is C14H13IN2O2. The van der Waals surface area contributed by atoms with Gasteiger partial charge in [-0.1, -0.05) is 6.07 Å². The fourth-order valence-electron chi connectivity index (χ4n) is 1.66. The van der Waals surface area contributed by atoms with E-state index in [1.165, 1.54) is 7.11 Å². The zero-order valence-corrected chi connectivity index (χ0v) is 12.5. The molecule has 1 amide bonds. The van der Waals surface area contributed by atoms with Crippen LogP contribution in [0.15, 0.2) is 42.5 Å². The molecule has 0 atom stereocenters. The third-order valence-electron chi connectivity index (χ3n) is 2.55. The number of ether oxygens (including phenoxy) is 1. The van der Waals surface area contributed by atoms with E-state index in [-0.39, 0.29) is 5.91 Å². The average molecular weight is 368 g/mol. The molecular weight excluding hydrogens is 355 g/mol. The Morgan fingerprint density at radius 1 is 1.26 bits per heavy atom. The zero-order valence-electron chi connectivity index (χ0n) is 10.3. The first kappa shape index (κ1) is 13.7. The topological polar surface area (TPSA) is 64.3 Å². The van der Waals surface area contributed by atoms with Gasteiger partial charge in [0.25, 0.3) is 5.91 Å². The summed E-state index contributed by atoms with van der Waals surface area (Å²) in [5.74, 6) is 0.238. The monoisotopic (exact) mass is 368 g/mol. The number of nitrogens with two attached hydrogens (primary N) is 1. The van der Waals surface area contributed by atoms with E-state index in [9.17, 15) is 4.79 Å². The van der Waals surface area contributed by atoms with E-state index in [4.69, 9.17) is 10.5 Å². The maximum absolute atomic E-state index is 12.2. The van der Waals surface area contributed by atoms with Gasteiger partial charge in [0.15, 0.2) is 0 Å². The van der Waals surface area contributed by atoms with E-state index in [1.807, 2.05) is 24.3 Å². The number of hydrogen-bond acceptors (Lipinski definition) is 3. The molecule has 0 saturated carbocycles. The first-order chi connectivity index (χ1) is 9.10. The molecule has 0 spiro atoms. The van der Waals surface area contributed by atoms with Crippen LogP contribution in [-0.4, -0.2) is 13.0 Å². The van der Waals surface area contributed by atoms with E-state index in [1.54, 1.807) is 18.2 Å². The van der Waals surface area contributed by atoms with Crippen molar-refractivity contribution < 1.29 is 9.53 Å². The van der Waals surface area contributed by atoms with E-state index < -0.39 is 0 Å². The Hall–Kier alpha value is -1.76. The van der Waals surface area contributed by atoms with Gasteiger partial charge in [-0.2, -0.15) is 0 Å². The lowest BCUT2D eigenvalue weighted by atomic mass is 10.1. The number of nitrogen functional groups attached to an aromatic ring is 1. The minimum Gasteiger partial charge on any atom is -0.496 e. The highest BCUT2D eigenvalue weighted by Crippen LogP contribution is 2.23. The van der Waals surface area contributed by atoms with Gasteiger partial charge in [0.2, 0.25) is 0 Å². The number of anilines is 2. The Morgan fingerprint density at radius 2 is 2.05 bits per heavy atom. The number of halogens is 1. The summed E-state index contributed by atoms with van der Waals surface area (Å²) in [4.78, 5) is 12.2. The fraction of sp³-hybridized carbons (Fsp3) is 0.0714. The molecule has 2 rings (SSSR count). The normalized spacial score (nSPS) is 10.0. The van der Waals surface area contributed by atoms with Gasteiger partial charge < -0.3 is 15.8 Å². The lowest BCUT2D eigenvalue weighted by molar-refractivity contribution is 0.102. The second-order valence-electron chi connectivity index (χ2n) is 3.92. The molecule has 0 aliphatic rings. The number of carbonyl (C=O) groups excluding carboxylic acids is 1. The predicted molar refractivity (Wildman–Crippen MR) is 84.5 cm³/mol. The van der Waals surface area contributed by atoms with Gasteiger partial charge in [0.05, 0.1) is 12.7 Å². The lowest BCUT2D eigenvalue weighted by Gasteiger charge is -2.10. The number of rotatable bonds is 3. The molecule has 0 radical (unpaired) electrons. The first-order valence-corrected chi connectivity index (χ1v) is 6.68. The van der Waals surface area contributed by atoms with Crippen LogP contribution in [0.25, 0.3) is 0 Å². The van der Waals surface area contributed by atoms with Crippen LogP contribution in [0, 0.1) is 3.57 Å². The van der Waals surface area contributed by atoms with Crippen molar-refractivity contribution in [2.24, 2.45) is 0 Å². The highest BCUT2D eigenvalue weighted by molar-refractivity contribution is 14.1. The molecule has 0 fully saturated rings. The Kier molecular flexibility index (Phi) is 4.26. The van der Waals surface area contributed by atoms with Crippen molar-refractivity contribution in [1.82, 2.24) is 0 Å². The summed E-state index contributed by atoms with van der Waals surface area (Å²) in [6.45, 7) is 0. The summed E-state index contributed by atoms with van der Waals surface area (Å²) in [6.07, 6.45) is 0. The van der Waals surface area contributed by atoms with E-state index in [0.717, 1.165) is 9.26 Å². The molecule has 0 saturated heterocycles. The van der Waals surface area contributed by atoms with Crippen molar-refractivity contribution in [2.75, 3.05) is 18.2 Å². The minimum absolute atomic E-state index is 0.223. The maximum atomic E-state index is 12.2. The zero-order chi connectivity index (χ0) is 13.8. The molecule has 19 heavy (non-hydrogen) atoms. The van der Waals surface area contributed by atoms with Gasteiger partial charge >= 0.3 is 0 Å². The van der Waals surface area contributed by atoms with Crippen LogP contribution in [0.5, 0.6) is 5.75 Å². The van der Waals surface area contributed by atoms with Crippen molar-refractivity contribution >= 4 is 39.9 Å². The minimum atomic E-state index is -0.223. The lowest BCUT2D eigenvalue weighted by Crippen LogP contribution is -2.13. The van der Waals surface area contributed by atoms with Gasteiger partial charge in [0.1, 0.15) is 5.75 Å². The second kappa shape index (κ2) is 5.92. The van der Waals surface area contributed by atoms with Crippen LogP contribution in [0.1, 0.15) is 10.4 Å². The molecule has 0 aromatic heterocycles. The number of nitrogens with one attached hydrogen (secondary N) is 1. The summed E-state index contributed by atoms with van der Waals surface area (Å²) in [5, 5.41) is 2.83. The van der Waals surface area contributed by atoms with E-state index in [2.05, 4.69) is 27.9 Å². The van der Waals surface area contributed by atoms with Gasteiger partial charge in [-0.25, -0.2) is 0 Å². The molecule has 0 heterocycles. The van der Waals surface area contributed by atoms with E-state index in [0.29, 0.717) is 17.0 Å². The molecule has 2 aromatic carbocycles. The Bertz CT molecular complexity index is 614. The molecule has 4 nitrogen and oxygen atoms in total. The molecule has 3 N–H and O–H groups in total. The summed E-state index contributed by atoms with van der Waals surface area (Å²) in [5.41, 5.74) is 7.42.